The number of anilines is 2. The SMILES string of the molecule is CCNc1cncc(NCC(C)(C)CO)n1. The van der Waals surface area contributed by atoms with Crippen LogP contribution in [0.2, 0.25) is 0 Å². The first-order valence-electron chi connectivity index (χ1n) is 5.48. The third-order valence-corrected chi connectivity index (χ3v) is 2.17. The third kappa shape index (κ3) is 4.02. The second-order valence-corrected chi connectivity index (χ2v) is 4.50. The fourth-order valence-corrected chi connectivity index (χ4v) is 1.10. The Morgan fingerprint density at radius 1 is 1.25 bits per heavy atom. The van der Waals surface area contributed by atoms with Crippen molar-refractivity contribution in [3.63, 3.8) is 0 Å². The summed E-state index contributed by atoms with van der Waals surface area (Å²) in [4.78, 5) is 8.41. The lowest BCUT2D eigenvalue weighted by Crippen LogP contribution is -2.27. The monoisotopic (exact) mass is 224 g/mol. The van der Waals surface area contributed by atoms with Gasteiger partial charge in [-0.1, -0.05) is 13.8 Å². The van der Waals surface area contributed by atoms with Gasteiger partial charge in [0.05, 0.1) is 12.4 Å². The zero-order valence-corrected chi connectivity index (χ0v) is 10.1. The molecule has 0 bridgehead atoms. The van der Waals surface area contributed by atoms with E-state index in [4.69, 9.17) is 5.11 Å². The Morgan fingerprint density at radius 2 is 1.88 bits per heavy atom. The predicted octanol–water partition coefficient (Wildman–Crippen LogP) is 1.34. The van der Waals surface area contributed by atoms with Gasteiger partial charge in [-0.15, -0.1) is 0 Å². The van der Waals surface area contributed by atoms with Gasteiger partial charge in [0, 0.05) is 25.1 Å². The third-order valence-electron chi connectivity index (χ3n) is 2.17. The molecule has 0 saturated heterocycles. The number of aliphatic hydroxyl groups is 1. The average Bonchev–Trinajstić information content (AvgIpc) is 2.28. The fraction of sp³-hybridized carbons (Fsp3) is 0.636. The number of nitrogens with zero attached hydrogens (tertiary/aromatic N) is 2. The van der Waals surface area contributed by atoms with Crippen molar-refractivity contribution in [3.05, 3.63) is 12.4 Å². The van der Waals surface area contributed by atoms with Gasteiger partial charge in [-0.3, -0.25) is 4.98 Å². The van der Waals surface area contributed by atoms with Crippen molar-refractivity contribution in [2.45, 2.75) is 20.8 Å². The molecular formula is C11H20N4O. The van der Waals surface area contributed by atoms with Gasteiger partial charge in [0.2, 0.25) is 0 Å². The van der Waals surface area contributed by atoms with E-state index in [1.54, 1.807) is 12.4 Å². The molecule has 5 nitrogen and oxygen atoms in total. The van der Waals surface area contributed by atoms with Crippen LogP contribution in [0.5, 0.6) is 0 Å². The molecule has 0 saturated carbocycles. The van der Waals surface area contributed by atoms with Crippen molar-refractivity contribution in [2.24, 2.45) is 5.41 Å². The average molecular weight is 224 g/mol. The van der Waals surface area contributed by atoms with Crippen LogP contribution in [0.15, 0.2) is 12.4 Å². The highest BCUT2D eigenvalue weighted by atomic mass is 16.3. The summed E-state index contributed by atoms with van der Waals surface area (Å²) in [5.41, 5.74) is -0.157. The second-order valence-electron chi connectivity index (χ2n) is 4.50. The van der Waals surface area contributed by atoms with Crippen molar-refractivity contribution in [3.8, 4) is 0 Å². The molecule has 0 aliphatic rings. The van der Waals surface area contributed by atoms with Crippen LogP contribution in [0.4, 0.5) is 11.6 Å². The van der Waals surface area contributed by atoms with Gasteiger partial charge in [0.1, 0.15) is 11.6 Å². The minimum atomic E-state index is -0.157. The van der Waals surface area contributed by atoms with Gasteiger partial charge in [-0.05, 0) is 6.92 Å². The summed E-state index contributed by atoms with van der Waals surface area (Å²) in [5.74, 6) is 1.48. The standard InChI is InChI=1S/C11H20N4O/c1-4-13-9-5-12-6-10(15-9)14-7-11(2,3)8-16/h5-6,16H,4,7-8H2,1-3H3,(H2,13,14,15). The summed E-state index contributed by atoms with van der Waals surface area (Å²) in [5, 5.41) is 15.4. The number of rotatable bonds is 6. The van der Waals surface area contributed by atoms with Crippen LogP contribution in [0.25, 0.3) is 0 Å². The minimum absolute atomic E-state index is 0.139. The van der Waals surface area contributed by atoms with Gasteiger partial charge in [0.15, 0.2) is 0 Å². The van der Waals surface area contributed by atoms with Crippen molar-refractivity contribution in [1.82, 2.24) is 9.97 Å². The van der Waals surface area contributed by atoms with E-state index in [9.17, 15) is 0 Å². The maximum Gasteiger partial charge on any atom is 0.146 e. The van der Waals surface area contributed by atoms with Crippen molar-refractivity contribution >= 4 is 11.6 Å². The molecule has 0 unspecified atom stereocenters. The Kier molecular flexibility index (Phi) is 4.49. The molecule has 0 radical (unpaired) electrons. The van der Waals surface area contributed by atoms with Gasteiger partial charge in [-0.25, -0.2) is 4.98 Å². The smallest absolute Gasteiger partial charge is 0.146 e. The Morgan fingerprint density at radius 3 is 2.44 bits per heavy atom. The van der Waals surface area contributed by atoms with Crippen LogP contribution in [-0.4, -0.2) is 34.8 Å². The van der Waals surface area contributed by atoms with E-state index in [0.29, 0.717) is 6.54 Å². The predicted molar refractivity (Wildman–Crippen MR) is 65.6 cm³/mol. The Hall–Kier alpha value is -1.36. The first-order valence-corrected chi connectivity index (χ1v) is 5.48. The molecule has 3 N–H and O–H groups in total. The normalized spacial score (nSPS) is 11.2. The summed E-state index contributed by atoms with van der Waals surface area (Å²) >= 11 is 0. The van der Waals surface area contributed by atoms with Crippen molar-refractivity contribution in [1.29, 1.82) is 0 Å². The zero-order chi connectivity index (χ0) is 12.0. The topological polar surface area (TPSA) is 70.1 Å². The Balaban J connectivity index is 2.57. The van der Waals surface area contributed by atoms with Crippen LogP contribution in [0.1, 0.15) is 20.8 Å². The van der Waals surface area contributed by atoms with Gasteiger partial charge in [0.25, 0.3) is 0 Å². The van der Waals surface area contributed by atoms with E-state index in [-0.39, 0.29) is 12.0 Å². The molecule has 1 rings (SSSR count). The lowest BCUT2D eigenvalue weighted by Gasteiger charge is -2.22. The molecule has 0 aliphatic carbocycles. The Labute approximate surface area is 96.3 Å². The van der Waals surface area contributed by atoms with E-state index in [1.807, 2.05) is 20.8 Å². The molecule has 1 aromatic heterocycles. The highest BCUT2D eigenvalue weighted by molar-refractivity contribution is 5.41. The largest absolute Gasteiger partial charge is 0.396 e. The molecule has 5 heteroatoms. The van der Waals surface area contributed by atoms with E-state index >= 15 is 0 Å². The van der Waals surface area contributed by atoms with Crippen LogP contribution < -0.4 is 10.6 Å². The molecule has 0 fully saturated rings. The number of aliphatic hydroxyl groups excluding tert-OH is 1. The van der Waals surface area contributed by atoms with E-state index in [0.717, 1.165) is 18.2 Å². The lowest BCUT2D eigenvalue weighted by molar-refractivity contribution is 0.170. The van der Waals surface area contributed by atoms with Crippen LogP contribution in [0.3, 0.4) is 0 Å². The maximum absolute atomic E-state index is 9.12. The number of nitrogens with one attached hydrogen (secondary N) is 2. The molecule has 0 aromatic carbocycles. The van der Waals surface area contributed by atoms with E-state index in [2.05, 4.69) is 20.6 Å². The Bertz CT molecular complexity index is 328. The minimum Gasteiger partial charge on any atom is -0.396 e. The molecule has 0 atom stereocenters. The van der Waals surface area contributed by atoms with Crippen LogP contribution >= 0.6 is 0 Å². The van der Waals surface area contributed by atoms with Gasteiger partial charge < -0.3 is 15.7 Å². The van der Waals surface area contributed by atoms with Crippen LogP contribution in [-0.2, 0) is 0 Å². The number of aromatic nitrogens is 2. The second kappa shape index (κ2) is 5.65. The first kappa shape index (κ1) is 12.7. The highest BCUT2D eigenvalue weighted by Crippen LogP contribution is 2.15. The summed E-state index contributed by atoms with van der Waals surface area (Å²) in [6, 6.07) is 0. The maximum atomic E-state index is 9.12. The molecule has 1 aromatic rings. The van der Waals surface area contributed by atoms with E-state index in [1.165, 1.54) is 0 Å². The molecule has 16 heavy (non-hydrogen) atoms. The molecule has 0 spiro atoms. The summed E-state index contributed by atoms with van der Waals surface area (Å²) < 4.78 is 0. The lowest BCUT2D eigenvalue weighted by atomic mass is 9.95. The van der Waals surface area contributed by atoms with E-state index < -0.39 is 0 Å². The molecular weight excluding hydrogens is 204 g/mol. The fourth-order valence-electron chi connectivity index (χ4n) is 1.10. The zero-order valence-electron chi connectivity index (χ0n) is 10.1. The quantitative estimate of drug-likeness (QED) is 0.680. The first-order chi connectivity index (χ1) is 7.57. The number of hydrogen-bond acceptors (Lipinski definition) is 5. The van der Waals surface area contributed by atoms with Gasteiger partial charge in [-0.2, -0.15) is 0 Å². The van der Waals surface area contributed by atoms with Crippen molar-refractivity contribution in [2.75, 3.05) is 30.3 Å². The molecule has 0 amide bonds. The molecule has 1 heterocycles. The number of hydrogen-bond donors (Lipinski definition) is 3. The van der Waals surface area contributed by atoms with Gasteiger partial charge >= 0.3 is 0 Å². The molecule has 0 aliphatic heterocycles. The highest BCUT2D eigenvalue weighted by Gasteiger charge is 2.16. The summed E-state index contributed by atoms with van der Waals surface area (Å²) in [6.45, 7) is 7.61. The summed E-state index contributed by atoms with van der Waals surface area (Å²) in [7, 11) is 0. The van der Waals surface area contributed by atoms with Crippen LogP contribution in [0, 0.1) is 5.41 Å². The van der Waals surface area contributed by atoms with Crippen molar-refractivity contribution < 1.29 is 5.11 Å². The summed E-state index contributed by atoms with van der Waals surface area (Å²) in [6.07, 6.45) is 3.36. The molecule has 90 valence electrons.